The molecule has 3 atom stereocenters. The third-order valence-corrected chi connectivity index (χ3v) is 6.66. The largest absolute Gasteiger partial charge is 0.494 e. The monoisotopic (exact) mass is 445 g/mol. The number of carbonyl (C=O) groups excluding carboxylic acids is 2. The zero-order valence-corrected chi connectivity index (χ0v) is 17.9. The van der Waals surface area contributed by atoms with Gasteiger partial charge in [-0.1, -0.05) is 29.3 Å². The highest BCUT2D eigenvalue weighted by Crippen LogP contribution is 2.50. The lowest BCUT2D eigenvalue weighted by atomic mass is 9.90. The lowest BCUT2D eigenvalue weighted by Crippen LogP contribution is -2.44. The molecule has 0 unspecified atom stereocenters. The SMILES string of the molecule is CCOc1ccc(N2C(=O)[C@@H]3[C@@H](C2=O)N2CCCN2[C@@H]3c2ccc(Cl)cc2Cl)cc1. The van der Waals surface area contributed by atoms with Gasteiger partial charge in [0.2, 0.25) is 5.91 Å². The van der Waals surface area contributed by atoms with Crippen molar-refractivity contribution in [2.75, 3.05) is 24.6 Å². The summed E-state index contributed by atoms with van der Waals surface area (Å²) < 4.78 is 5.48. The number of nitrogens with zero attached hydrogens (tertiary/aromatic N) is 3. The van der Waals surface area contributed by atoms with Gasteiger partial charge in [-0.15, -0.1) is 0 Å². The molecule has 3 aliphatic rings. The highest BCUT2D eigenvalue weighted by Gasteiger charge is 2.63. The number of anilines is 1. The summed E-state index contributed by atoms with van der Waals surface area (Å²) in [6.07, 6.45) is 0.940. The topological polar surface area (TPSA) is 53.1 Å². The first kappa shape index (κ1) is 19.8. The smallest absolute Gasteiger partial charge is 0.253 e. The molecule has 3 saturated heterocycles. The molecule has 2 aromatic carbocycles. The Bertz CT molecular complexity index is 1010. The second-order valence-corrected chi connectivity index (χ2v) is 8.54. The number of carbonyl (C=O) groups is 2. The minimum atomic E-state index is -0.511. The number of amides is 2. The quantitative estimate of drug-likeness (QED) is 0.667. The lowest BCUT2D eigenvalue weighted by molar-refractivity contribution is -0.126. The summed E-state index contributed by atoms with van der Waals surface area (Å²) in [5, 5.41) is 5.24. The van der Waals surface area contributed by atoms with Gasteiger partial charge < -0.3 is 4.74 Å². The van der Waals surface area contributed by atoms with E-state index >= 15 is 0 Å². The first-order chi connectivity index (χ1) is 14.5. The number of ether oxygens (including phenoxy) is 1. The molecule has 156 valence electrons. The van der Waals surface area contributed by atoms with Crippen LogP contribution in [0, 0.1) is 5.92 Å². The van der Waals surface area contributed by atoms with Gasteiger partial charge in [-0.25, -0.2) is 14.9 Å². The van der Waals surface area contributed by atoms with Crippen molar-refractivity contribution in [1.82, 2.24) is 10.0 Å². The third kappa shape index (κ3) is 2.94. The summed E-state index contributed by atoms with van der Waals surface area (Å²) in [6, 6.07) is 11.6. The summed E-state index contributed by atoms with van der Waals surface area (Å²) in [7, 11) is 0. The minimum Gasteiger partial charge on any atom is -0.494 e. The molecule has 3 heterocycles. The van der Waals surface area contributed by atoms with E-state index < -0.39 is 12.0 Å². The highest BCUT2D eigenvalue weighted by molar-refractivity contribution is 6.35. The van der Waals surface area contributed by atoms with Gasteiger partial charge in [0.05, 0.1) is 24.3 Å². The summed E-state index contributed by atoms with van der Waals surface area (Å²) in [4.78, 5) is 28.3. The number of benzene rings is 2. The Hall–Kier alpha value is -2.12. The molecule has 3 aliphatic heterocycles. The Morgan fingerprint density at radius 3 is 2.33 bits per heavy atom. The van der Waals surface area contributed by atoms with Crippen molar-refractivity contribution >= 4 is 40.7 Å². The summed E-state index contributed by atoms with van der Waals surface area (Å²) in [5.41, 5.74) is 1.39. The van der Waals surface area contributed by atoms with Crippen LogP contribution in [-0.2, 0) is 9.59 Å². The van der Waals surface area contributed by atoms with E-state index in [1.165, 1.54) is 4.90 Å². The van der Waals surface area contributed by atoms with Crippen molar-refractivity contribution in [1.29, 1.82) is 0 Å². The molecule has 0 saturated carbocycles. The lowest BCUT2D eigenvalue weighted by Gasteiger charge is -2.30. The maximum absolute atomic E-state index is 13.6. The van der Waals surface area contributed by atoms with Crippen LogP contribution in [0.25, 0.3) is 0 Å². The van der Waals surface area contributed by atoms with Crippen LogP contribution in [0.4, 0.5) is 5.69 Å². The number of hydrogen-bond acceptors (Lipinski definition) is 5. The predicted molar refractivity (Wildman–Crippen MR) is 115 cm³/mol. The molecular weight excluding hydrogens is 425 g/mol. The van der Waals surface area contributed by atoms with E-state index in [4.69, 9.17) is 27.9 Å². The van der Waals surface area contributed by atoms with Gasteiger partial charge in [-0.2, -0.15) is 0 Å². The van der Waals surface area contributed by atoms with Crippen molar-refractivity contribution in [3.63, 3.8) is 0 Å². The molecule has 2 aromatic rings. The Kier molecular flexibility index (Phi) is 4.98. The molecule has 5 rings (SSSR count). The predicted octanol–water partition coefficient (Wildman–Crippen LogP) is 3.93. The molecule has 3 fully saturated rings. The van der Waals surface area contributed by atoms with Gasteiger partial charge in [0.15, 0.2) is 0 Å². The van der Waals surface area contributed by atoms with Gasteiger partial charge in [-0.3, -0.25) is 9.59 Å². The third-order valence-electron chi connectivity index (χ3n) is 6.09. The summed E-state index contributed by atoms with van der Waals surface area (Å²) in [5.74, 6) is -0.187. The standard InChI is InChI=1S/C22H21Cl2N3O3/c1-2-30-15-7-5-14(6-8-15)27-21(28)18-19(16-9-4-13(23)12-17(16)24)25-10-3-11-26(25)20(18)22(27)29/h4-9,12,18-20H,2-3,10-11H2,1H3/t18-,19+,20-/m0/s1. The Balaban J connectivity index is 1.54. The second kappa shape index (κ2) is 7.54. The average Bonchev–Trinajstić information content (AvgIpc) is 3.36. The molecule has 0 aromatic heterocycles. The van der Waals surface area contributed by atoms with E-state index in [9.17, 15) is 9.59 Å². The molecule has 0 bridgehead atoms. The minimum absolute atomic E-state index is 0.186. The second-order valence-electron chi connectivity index (χ2n) is 7.70. The number of rotatable bonds is 4. The van der Waals surface area contributed by atoms with Crippen LogP contribution in [0.15, 0.2) is 42.5 Å². The Labute approximate surface area is 184 Å². The van der Waals surface area contributed by atoms with E-state index in [0.29, 0.717) is 28.1 Å². The van der Waals surface area contributed by atoms with Crippen molar-refractivity contribution in [3.8, 4) is 5.75 Å². The average molecular weight is 446 g/mol. The molecule has 8 heteroatoms. The van der Waals surface area contributed by atoms with Crippen LogP contribution in [-0.4, -0.2) is 47.6 Å². The van der Waals surface area contributed by atoms with E-state index in [1.54, 1.807) is 36.4 Å². The molecule has 0 radical (unpaired) electrons. The van der Waals surface area contributed by atoms with E-state index in [-0.39, 0.29) is 17.9 Å². The number of fused-ring (bicyclic) bond motifs is 3. The number of imide groups is 1. The van der Waals surface area contributed by atoms with Crippen LogP contribution < -0.4 is 9.64 Å². The number of halogens is 2. The molecule has 2 amide bonds. The fourth-order valence-electron chi connectivity index (χ4n) is 4.94. The molecule has 0 N–H and O–H groups in total. The molecular formula is C22H21Cl2N3O3. The maximum Gasteiger partial charge on any atom is 0.253 e. The summed E-state index contributed by atoms with van der Waals surface area (Å²) >= 11 is 12.6. The van der Waals surface area contributed by atoms with Gasteiger partial charge in [0, 0.05) is 23.1 Å². The van der Waals surface area contributed by atoms with Crippen LogP contribution in [0.5, 0.6) is 5.75 Å². The van der Waals surface area contributed by atoms with Crippen LogP contribution in [0.3, 0.4) is 0 Å². The first-order valence-corrected chi connectivity index (χ1v) is 10.9. The van der Waals surface area contributed by atoms with Gasteiger partial charge in [-0.05, 0) is 55.3 Å². The van der Waals surface area contributed by atoms with Crippen LogP contribution in [0.1, 0.15) is 24.9 Å². The zero-order valence-electron chi connectivity index (χ0n) is 16.4. The van der Waals surface area contributed by atoms with Gasteiger partial charge >= 0.3 is 0 Å². The molecule has 0 aliphatic carbocycles. The van der Waals surface area contributed by atoms with Crippen LogP contribution in [0.2, 0.25) is 10.0 Å². The van der Waals surface area contributed by atoms with Gasteiger partial charge in [0.25, 0.3) is 5.91 Å². The maximum atomic E-state index is 13.6. The number of hydrogen-bond donors (Lipinski definition) is 0. The zero-order chi connectivity index (χ0) is 21.0. The fourth-order valence-corrected chi connectivity index (χ4v) is 5.46. The fraction of sp³-hybridized carbons (Fsp3) is 0.364. The van der Waals surface area contributed by atoms with Gasteiger partial charge in [0.1, 0.15) is 11.8 Å². The molecule has 0 spiro atoms. The highest BCUT2D eigenvalue weighted by atomic mass is 35.5. The van der Waals surface area contributed by atoms with Crippen molar-refractivity contribution < 1.29 is 14.3 Å². The first-order valence-electron chi connectivity index (χ1n) is 10.1. The Morgan fingerprint density at radius 1 is 0.967 bits per heavy atom. The van der Waals surface area contributed by atoms with Crippen LogP contribution >= 0.6 is 23.2 Å². The molecule has 30 heavy (non-hydrogen) atoms. The van der Waals surface area contributed by atoms with E-state index in [1.807, 2.05) is 13.0 Å². The van der Waals surface area contributed by atoms with Crippen molar-refractivity contribution in [2.24, 2.45) is 5.92 Å². The van der Waals surface area contributed by atoms with E-state index in [2.05, 4.69) is 10.0 Å². The van der Waals surface area contributed by atoms with Crippen molar-refractivity contribution in [3.05, 3.63) is 58.1 Å². The van der Waals surface area contributed by atoms with Crippen molar-refractivity contribution in [2.45, 2.75) is 25.4 Å². The molecule has 6 nitrogen and oxygen atoms in total. The normalized spacial score (nSPS) is 26.4. The van der Waals surface area contributed by atoms with E-state index in [0.717, 1.165) is 25.1 Å². The summed E-state index contributed by atoms with van der Waals surface area (Å²) in [6.45, 7) is 4.01. The number of hydrazine groups is 1. The Morgan fingerprint density at radius 2 is 1.67 bits per heavy atom.